The van der Waals surface area contributed by atoms with Gasteiger partial charge in [-0.2, -0.15) is 5.26 Å². The fourth-order valence-corrected chi connectivity index (χ4v) is 1.82. The standard InChI is InChI=1S/C13H16N2O2S/c1-13(2,3)17-12(16)15-10-7-9(8-14)5-6-11(10)18-4/h5-7H,1-4H3,(H,15,16). The van der Waals surface area contributed by atoms with Gasteiger partial charge in [0.15, 0.2) is 0 Å². The van der Waals surface area contributed by atoms with Gasteiger partial charge in [0.2, 0.25) is 0 Å². The number of rotatable bonds is 2. The van der Waals surface area contributed by atoms with Gasteiger partial charge in [-0.15, -0.1) is 11.8 Å². The van der Waals surface area contributed by atoms with Crippen LogP contribution in [-0.4, -0.2) is 18.0 Å². The minimum Gasteiger partial charge on any atom is -0.444 e. The largest absolute Gasteiger partial charge is 0.444 e. The first-order valence-corrected chi connectivity index (χ1v) is 6.66. The highest BCUT2D eigenvalue weighted by Gasteiger charge is 2.17. The predicted octanol–water partition coefficient (Wildman–Crippen LogP) is 3.63. The molecule has 0 bridgehead atoms. The molecule has 1 amide bonds. The number of thioether (sulfide) groups is 1. The number of hydrogen-bond acceptors (Lipinski definition) is 4. The monoisotopic (exact) mass is 264 g/mol. The van der Waals surface area contributed by atoms with E-state index < -0.39 is 11.7 Å². The topological polar surface area (TPSA) is 62.1 Å². The molecule has 1 aromatic rings. The van der Waals surface area contributed by atoms with Crippen molar-refractivity contribution < 1.29 is 9.53 Å². The zero-order valence-corrected chi connectivity index (χ0v) is 11.7. The Morgan fingerprint density at radius 1 is 1.44 bits per heavy atom. The molecule has 0 fully saturated rings. The number of nitrogens with one attached hydrogen (secondary N) is 1. The van der Waals surface area contributed by atoms with E-state index in [1.807, 2.05) is 12.3 Å². The second-order valence-corrected chi connectivity index (χ2v) is 5.50. The van der Waals surface area contributed by atoms with Crippen LogP contribution >= 0.6 is 11.8 Å². The Bertz CT molecular complexity index is 487. The van der Waals surface area contributed by atoms with Gasteiger partial charge in [-0.1, -0.05) is 0 Å². The molecule has 0 aliphatic carbocycles. The first-order chi connectivity index (χ1) is 8.35. The van der Waals surface area contributed by atoms with Crippen molar-refractivity contribution >= 4 is 23.5 Å². The molecule has 0 heterocycles. The van der Waals surface area contributed by atoms with Crippen LogP contribution in [0.1, 0.15) is 26.3 Å². The van der Waals surface area contributed by atoms with Crippen molar-refractivity contribution in [1.82, 2.24) is 0 Å². The number of carbonyl (C=O) groups excluding carboxylic acids is 1. The van der Waals surface area contributed by atoms with E-state index in [9.17, 15) is 4.79 Å². The average Bonchev–Trinajstić information content (AvgIpc) is 2.26. The Labute approximate surface area is 111 Å². The number of ether oxygens (including phenoxy) is 1. The van der Waals surface area contributed by atoms with Crippen LogP contribution in [0.25, 0.3) is 0 Å². The van der Waals surface area contributed by atoms with Crippen LogP contribution in [0.15, 0.2) is 23.1 Å². The van der Waals surface area contributed by atoms with E-state index in [2.05, 4.69) is 5.32 Å². The van der Waals surface area contributed by atoms with E-state index in [0.717, 1.165) is 4.90 Å². The molecule has 0 aromatic heterocycles. The maximum atomic E-state index is 11.7. The quantitative estimate of drug-likeness (QED) is 0.828. The molecule has 0 spiro atoms. The summed E-state index contributed by atoms with van der Waals surface area (Å²) in [5.74, 6) is 0. The van der Waals surface area contributed by atoms with Crippen LogP contribution in [0.5, 0.6) is 0 Å². The first kappa shape index (κ1) is 14.4. The van der Waals surface area contributed by atoms with Crippen molar-refractivity contribution in [2.75, 3.05) is 11.6 Å². The van der Waals surface area contributed by atoms with Crippen molar-refractivity contribution in [2.24, 2.45) is 0 Å². The summed E-state index contributed by atoms with van der Waals surface area (Å²) in [6.45, 7) is 5.40. The smallest absolute Gasteiger partial charge is 0.412 e. The molecule has 0 aliphatic heterocycles. The Kier molecular flexibility index (Phi) is 4.62. The molecule has 0 radical (unpaired) electrons. The average molecular weight is 264 g/mol. The fourth-order valence-electron chi connectivity index (χ4n) is 1.29. The fraction of sp³-hybridized carbons (Fsp3) is 0.385. The molecular formula is C13H16N2O2S. The molecule has 4 nitrogen and oxygen atoms in total. The van der Waals surface area contributed by atoms with Gasteiger partial charge in [0.1, 0.15) is 5.60 Å². The van der Waals surface area contributed by atoms with E-state index in [0.29, 0.717) is 11.3 Å². The molecule has 0 unspecified atom stereocenters. The Morgan fingerprint density at radius 2 is 2.11 bits per heavy atom. The molecule has 1 aromatic carbocycles. The molecule has 0 saturated carbocycles. The SMILES string of the molecule is CSc1ccc(C#N)cc1NC(=O)OC(C)(C)C. The number of anilines is 1. The van der Waals surface area contributed by atoms with Crippen molar-refractivity contribution in [3.63, 3.8) is 0 Å². The second-order valence-electron chi connectivity index (χ2n) is 4.65. The van der Waals surface area contributed by atoms with Gasteiger partial charge in [0, 0.05) is 4.90 Å². The van der Waals surface area contributed by atoms with Gasteiger partial charge < -0.3 is 4.74 Å². The highest BCUT2D eigenvalue weighted by Crippen LogP contribution is 2.26. The molecule has 0 aliphatic rings. The lowest BCUT2D eigenvalue weighted by atomic mass is 10.2. The predicted molar refractivity (Wildman–Crippen MR) is 72.8 cm³/mol. The minimum absolute atomic E-state index is 0.499. The molecule has 96 valence electrons. The third-order valence-electron chi connectivity index (χ3n) is 1.96. The highest BCUT2D eigenvalue weighted by molar-refractivity contribution is 7.98. The molecule has 1 rings (SSSR count). The maximum Gasteiger partial charge on any atom is 0.412 e. The van der Waals surface area contributed by atoms with Gasteiger partial charge in [0.05, 0.1) is 17.3 Å². The summed E-state index contributed by atoms with van der Waals surface area (Å²) >= 11 is 1.49. The number of carbonyl (C=O) groups is 1. The molecule has 0 atom stereocenters. The third-order valence-corrected chi connectivity index (χ3v) is 2.76. The summed E-state index contributed by atoms with van der Waals surface area (Å²) in [6.07, 6.45) is 1.38. The van der Waals surface area contributed by atoms with Gasteiger partial charge in [-0.25, -0.2) is 4.79 Å². The normalized spacial score (nSPS) is 10.6. The lowest BCUT2D eigenvalue weighted by Crippen LogP contribution is -2.27. The van der Waals surface area contributed by atoms with Crippen LogP contribution in [0, 0.1) is 11.3 Å². The van der Waals surface area contributed by atoms with Crippen molar-refractivity contribution in [2.45, 2.75) is 31.3 Å². The molecule has 18 heavy (non-hydrogen) atoms. The summed E-state index contributed by atoms with van der Waals surface area (Å²) in [7, 11) is 0. The molecular weight excluding hydrogens is 248 g/mol. The second kappa shape index (κ2) is 5.78. The summed E-state index contributed by atoms with van der Waals surface area (Å²) in [4.78, 5) is 12.6. The van der Waals surface area contributed by atoms with Crippen LogP contribution in [0.2, 0.25) is 0 Å². The Hall–Kier alpha value is -1.67. The van der Waals surface area contributed by atoms with Crippen molar-refractivity contribution in [3.8, 4) is 6.07 Å². The molecule has 0 saturated heterocycles. The summed E-state index contributed by atoms with van der Waals surface area (Å²) in [5.41, 5.74) is 0.547. The number of amides is 1. The van der Waals surface area contributed by atoms with E-state index in [1.54, 1.807) is 39.0 Å². The first-order valence-electron chi connectivity index (χ1n) is 5.44. The minimum atomic E-state index is -0.545. The van der Waals surface area contributed by atoms with Gasteiger partial charge in [0.25, 0.3) is 0 Å². The van der Waals surface area contributed by atoms with Crippen LogP contribution in [-0.2, 0) is 4.74 Å². The third kappa shape index (κ3) is 4.30. The van der Waals surface area contributed by atoms with E-state index in [-0.39, 0.29) is 0 Å². The maximum absolute atomic E-state index is 11.7. The lowest BCUT2D eigenvalue weighted by molar-refractivity contribution is 0.0635. The van der Waals surface area contributed by atoms with E-state index >= 15 is 0 Å². The van der Waals surface area contributed by atoms with Gasteiger partial charge >= 0.3 is 6.09 Å². The summed E-state index contributed by atoms with van der Waals surface area (Å²) in [5, 5.41) is 11.5. The number of nitrogens with zero attached hydrogens (tertiary/aromatic N) is 1. The zero-order chi connectivity index (χ0) is 13.8. The summed E-state index contributed by atoms with van der Waals surface area (Å²) in [6, 6.07) is 7.19. The van der Waals surface area contributed by atoms with E-state index in [4.69, 9.17) is 10.00 Å². The number of nitriles is 1. The number of benzene rings is 1. The highest BCUT2D eigenvalue weighted by atomic mass is 32.2. The number of hydrogen-bond donors (Lipinski definition) is 1. The Balaban J connectivity index is 2.89. The molecule has 5 heteroatoms. The van der Waals surface area contributed by atoms with Gasteiger partial charge in [-0.3, -0.25) is 5.32 Å². The summed E-state index contributed by atoms with van der Waals surface area (Å²) < 4.78 is 5.17. The van der Waals surface area contributed by atoms with Crippen molar-refractivity contribution in [1.29, 1.82) is 5.26 Å². The van der Waals surface area contributed by atoms with Crippen molar-refractivity contribution in [3.05, 3.63) is 23.8 Å². The van der Waals surface area contributed by atoms with Crippen LogP contribution in [0.4, 0.5) is 10.5 Å². The Morgan fingerprint density at radius 3 is 2.61 bits per heavy atom. The zero-order valence-electron chi connectivity index (χ0n) is 10.9. The van der Waals surface area contributed by atoms with E-state index in [1.165, 1.54) is 11.8 Å². The van der Waals surface area contributed by atoms with Crippen LogP contribution in [0.3, 0.4) is 0 Å². The lowest BCUT2D eigenvalue weighted by Gasteiger charge is -2.20. The molecule has 1 N–H and O–H groups in total. The van der Waals surface area contributed by atoms with Gasteiger partial charge in [-0.05, 0) is 45.2 Å². The van der Waals surface area contributed by atoms with Crippen LogP contribution < -0.4 is 5.32 Å².